The van der Waals surface area contributed by atoms with Gasteiger partial charge in [0.05, 0.1) is 0 Å². The first kappa shape index (κ1) is 13.4. The highest BCUT2D eigenvalue weighted by atomic mass is 28.4. The van der Waals surface area contributed by atoms with Crippen LogP contribution < -0.4 is 0 Å². The van der Waals surface area contributed by atoms with Crippen LogP contribution >= 0.6 is 0 Å². The summed E-state index contributed by atoms with van der Waals surface area (Å²) in [6, 6.07) is 0. The molecule has 1 atom stereocenters. The summed E-state index contributed by atoms with van der Waals surface area (Å²) in [4.78, 5) is 10.8. The summed E-state index contributed by atoms with van der Waals surface area (Å²) in [6.45, 7) is 10.0. The molecule has 0 saturated heterocycles. The lowest BCUT2D eigenvalue weighted by atomic mass is 10.2. The number of carbonyl (C=O) groups excluding carboxylic acids is 1. The van der Waals surface area contributed by atoms with Crippen LogP contribution in [0.2, 0.25) is 18.1 Å². The monoisotopic (exact) mass is 246 g/mol. The van der Waals surface area contributed by atoms with Crippen LogP contribution in [0.1, 0.15) is 20.8 Å². The van der Waals surface area contributed by atoms with Gasteiger partial charge in [-0.15, -0.1) is 0 Å². The molecule has 0 saturated carbocycles. The van der Waals surface area contributed by atoms with E-state index < -0.39 is 20.1 Å². The molecule has 0 amide bonds. The fourth-order valence-electron chi connectivity index (χ4n) is 1.00. The summed E-state index contributed by atoms with van der Waals surface area (Å²) in [5, 5.41) is 0.00961. The van der Waals surface area contributed by atoms with Gasteiger partial charge in [0.2, 0.25) is 0 Å². The summed E-state index contributed by atoms with van der Waals surface area (Å²) < 4.78 is 24.1. The van der Waals surface area contributed by atoms with Crippen LogP contribution in [-0.2, 0) is 14.0 Å². The van der Waals surface area contributed by atoms with E-state index in [0.29, 0.717) is 0 Å². The number of ether oxygens (including phenoxy) is 1. The van der Waals surface area contributed by atoms with Crippen molar-refractivity contribution >= 4 is 14.3 Å². The number of alkyl halides is 1. The van der Waals surface area contributed by atoms with Crippen molar-refractivity contribution < 1.29 is 18.3 Å². The number of hydrogen-bond acceptors (Lipinski definition) is 3. The van der Waals surface area contributed by atoms with E-state index in [1.54, 1.807) is 0 Å². The summed E-state index contributed by atoms with van der Waals surface area (Å²) in [5.41, 5.74) is 0. The Labute approximate surface area is 96.8 Å². The number of halogens is 1. The Bertz CT molecular complexity index is 320. The van der Waals surface area contributed by atoms with Crippen molar-refractivity contribution in [3.8, 4) is 0 Å². The van der Waals surface area contributed by atoms with Crippen molar-refractivity contribution in [1.82, 2.24) is 0 Å². The first-order chi connectivity index (χ1) is 7.06. The maximum Gasteiger partial charge on any atom is 0.333 e. The average molecular weight is 246 g/mol. The van der Waals surface area contributed by atoms with Gasteiger partial charge in [-0.1, -0.05) is 20.8 Å². The van der Waals surface area contributed by atoms with E-state index in [1.807, 2.05) is 13.1 Å². The average Bonchev–Trinajstić information content (AvgIpc) is 2.42. The highest BCUT2D eigenvalue weighted by molar-refractivity contribution is 6.74. The first-order valence-electron chi connectivity index (χ1n) is 5.31. The van der Waals surface area contributed by atoms with Crippen LogP contribution in [-0.4, -0.2) is 26.7 Å². The molecule has 0 spiro atoms. The van der Waals surface area contributed by atoms with Gasteiger partial charge in [-0.2, -0.15) is 4.39 Å². The van der Waals surface area contributed by atoms with Gasteiger partial charge in [0.1, 0.15) is 6.61 Å². The molecule has 5 heteroatoms. The van der Waals surface area contributed by atoms with Gasteiger partial charge >= 0.3 is 5.97 Å². The summed E-state index contributed by atoms with van der Waals surface area (Å²) in [5.74, 6) is -2.73. The van der Waals surface area contributed by atoms with Gasteiger partial charge in [0.15, 0.2) is 8.32 Å². The van der Waals surface area contributed by atoms with E-state index in [9.17, 15) is 9.18 Å². The Morgan fingerprint density at radius 3 is 2.44 bits per heavy atom. The molecule has 0 radical (unpaired) electrons. The molecule has 0 aliphatic carbocycles. The van der Waals surface area contributed by atoms with E-state index in [-0.39, 0.29) is 11.6 Å². The smallest absolute Gasteiger partial charge is 0.333 e. The predicted octanol–water partition coefficient (Wildman–Crippen LogP) is 2.79. The maximum atomic E-state index is 13.8. The topological polar surface area (TPSA) is 35.5 Å². The molecule has 3 nitrogen and oxygen atoms in total. The van der Waals surface area contributed by atoms with Gasteiger partial charge < -0.3 is 9.16 Å². The highest BCUT2D eigenvalue weighted by Gasteiger charge is 2.42. The van der Waals surface area contributed by atoms with Crippen LogP contribution in [0.15, 0.2) is 12.2 Å². The van der Waals surface area contributed by atoms with Gasteiger partial charge in [-0.05, 0) is 18.1 Å². The molecule has 16 heavy (non-hydrogen) atoms. The predicted molar refractivity (Wildman–Crippen MR) is 62.2 cm³/mol. The molecule has 1 rings (SSSR count). The second kappa shape index (κ2) is 3.96. The normalized spacial score (nSPS) is 26.0. The van der Waals surface area contributed by atoms with E-state index in [4.69, 9.17) is 4.43 Å². The standard InChI is InChI=1S/C11H19FO3Si/c1-10(2,3)16(4,5)14-8-11(12)7-6-9(13)15-11/h6-7H,8H2,1-5H3. The number of esters is 1. The lowest BCUT2D eigenvalue weighted by molar-refractivity contribution is -0.165. The quantitative estimate of drug-likeness (QED) is 0.567. The van der Waals surface area contributed by atoms with Crippen molar-refractivity contribution in [2.75, 3.05) is 6.61 Å². The molecule has 1 unspecified atom stereocenters. The zero-order valence-electron chi connectivity index (χ0n) is 10.5. The van der Waals surface area contributed by atoms with Crippen molar-refractivity contribution in [2.45, 2.75) is 44.8 Å². The summed E-state index contributed by atoms with van der Waals surface area (Å²) in [7, 11) is -2.01. The Morgan fingerprint density at radius 1 is 1.50 bits per heavy atom. The van der Waals surface area contributed by atoms with Crippen LogP contribution in [0, 0.1) is 0 Å². The molecule has 0 aromatic carbocycles. The van der Waals surface area contributed by atoms with Crippen molar-refractivity contribution in [2.24, 2.45) is 0 Å². The van der Waals surface area contributed by atoms with Crippen LogP contribution in [0.25, 0.3) is 0 Å². The Kier molecular flexibility index (Phi) is 3.31. The molecule has 0 N–H and O–H groups in total. The zero-order valence-corrected chi connectivity index (χ0v) is 11.5. The molecule has 0 fully saturated rings. The lowest BCUT2D eigenvalue weighted by Crippen LogP contribution is -2.44. The minimum Gasteiger partial charge on any atom is -0.419 e. The fourth-order valence-corrected chi connectivity index (χ4v) is 1.99. The Balaban J connectivity index is 2.59. The third-order valence-electron chi connectivity index (χ3n) is 3.17. The largest absolute Gasteiger partial charge is 0.419 e. The molecular formula is C11H19FO3Si. The third-order valence-corrected chi connectivity index (χ3v) is 7.65. The van der Waals surface area contributed by atoms with Crippen LogP contribution in [0.4, 0.5) is 4.39 Å². The maximum absolute atomic E-state index is 13.8. The van der Waals surface area contributed by atoms with Crippen LogP contribution in [0.3, 0.4) is 0 Å². The minimum absolute atomic E-state index is 0.00961. The molecule has 1 aliphatic rings. The van der Waals surface area contributed by atoms with Gasteiger partial charge in [-0.25, -0.2) is 4.79 Å². The first-order valence-corrected chi connectivity index (χ1v) is 8.22. The molecule has 0 aromatic rings. The molecular weight excluding hydrogens is 227 g/mol. The van der Waals surface area contributed by atoms with E-state index in [0.717, 1.165) is 12.2 Å². The molecule has 0 aromatic heterocycles. The second-order valence-corrected chi connectivity index (χ2v) is 10.4. The van der Waals surface area contributed by atoms with Crippen molar-refractivity contribution in [3.05, 3.63) is 12.2 Å². The van der Waals surface area contributed by atoms with Crippen molar-refractivity contribution in [1.29, 1.82) is 0 Å². The number of rotatable bonds is 3. The van der Waals surface area contributed by atoms with E-state index >= 15 is 0 Å². The van der Waals surface area contributed by atoms with Crippen molar-refractivity contribution in [3.63, 3.8) is 0 Å². The molecule has 0 bridgehead atoms. The number of carbonyl (C=O) groups is 1. The highest BCUT2D eigenvalue weighted by Crippen LogP contribution is 2.37. The molecule has 92 valence electrons. The summed E-state index contributed by atoms with van der Waals surface area (Å²) in [6.07, 6.45) is 2.21. The molecule has 1 heterocycles. The number of cyclic esters (lactones) is 1. The summed E-state index contributed by atoms with van der Waals surface area (Å²) >= 11 is 0. The Morgan fingerprint density at radius 2 is 2.06 bits per heavy atom. The fraction of sp³-hybridized carbons (Fsp3) is 0.727. The van der Waals surface area contributed by atoms with Gasteiger partial charge in [-0.3, -0.25) is 0 Å². The Hall–Kier alpha value is -0.683. The van der Waals surface area contributed by atoms with Gasteiger partial charge in [0, 0.05) is 12.2 Å². The second-order valence-electron chi connectivity index (χ2n) is 5.59. The number of hydrogen-bond donors (Lipinski definition) is 0. The van der Waals surface area contributed by atoms with E-state index in [2.05, 4.69) is 25.5 Å². The zero-order chi connectivity index (χ0) is 12.6. The van der Waals surface area contributed by atoms with E-state index in [1.165, 1.54) is 0 Å². The van der Waals surface area contributed by atoms with Crippen LogP contribution in [0.5, 0.6) is 0 Å². The van der Waals surface area contributed by atoms with Gasteiger partial charge in [0.25, 0.3) is 5.85 Å². The third kappa shape index (κ3) is 2.92. The molecule has 1 aliphatic heterocycles. The SMILES string of the molecule is CC(C)(C)[Si](C)(C)OCC1(F)C=CC(=O)O1. The lowest BCUT2D eigenvalue weighted by Gasteiger charge is -2.37. The minimum atomic E-state index is -2.08.